The Morgan fingerprint density at radius 1 is 1.14 bits per heavy atom. The minimum absolute atomic E-state index is 0.462. The van der Waals surface area contributed by atoms with Gasteiger partial charge >= 0.3 is 0 Å². The zero-order valence-corrected chi connectivity index (χ0v) is 14.9. The van der Waals surface area contributed by atoms with Gasteiger partial charge in [0, 0.05) is 17.0 Å². The Morgan fingerprint density at radius 3 is 2.48 bits per heavy atom. The zero-order chi connectivity index (χ0) is 15.2. The summed E-state index contributed by atoms with van der Waals surface area (Å²) in [5.74, 6) is 1.77. The quantitative estimate of drug-likeness (QED) is 0.680. The second kappa shape index (κ2) is 8.24. The van der Waals surface area contributed by atoms with Crippen molar-refractivity contribution in [1.82, 2.24) is 5.32 Å². The van der Waals surface area contributed by atoms with E-state index in [4.69, 9.17) is 0 Å². The molecule has 1 aliphatic carbocycles. The van der Waals surface area contributed by atoms with Crippen LogP contribution in [0.1, 0.15) is 64.5 Å². The third-order valence-corrected chi connectivity index (χ3v) is 5.43. The van der Waals surface area contributed by atoms with Gasteiger partial charge in [0.1, 0.15) is 0 Å². The van der Waals surface area contributed by atoms with Gasteiger partial charge in [-0.2, -0.15) is 0 Å². The van der Waals surface area contributed by atoms with E-state index in [1.807, 2.05) is 11.8 Å². The van der Waals surface area contributed by atoms with Gasteiger partial charge < -0.3 is 5.32 Å². The van der Waals surface area contributed by atoms with Crippen LogP contribution >= 0.6 is 11.8 Å². The highest BCUT2D eigenvalue weighted by Crippen LogP contribution is 2.30. The van der Waals surface area contributed by atoms with Gasteiger partial charge in [0.15, 0.2) is 0 Å². The number of hydrogen-bond donors (Lipinski definition) is 1. The molecule has 1 N–H and O–H groups in total. The molecule has 2 rings (SSSR count). The largest absolute Gasteiger partial charge is 0.307 e. The average molecular weight is 306 g/mol. The molecule has 0 amide bonds. The minimum atomic E-state index is 0.462. The number of nitrogens with one attached hydrogen (secondary N) is 1. The maximum Gasteiger partial charge on any atom is 0.0294 e. The first-order valence-electron chi connectivity index (χ1n) is 8.48. The maximum absolute atomic E-state index is 3.87. The van der Waals surface area contributed by atoms with Gasteiger partial charge in [-0.3, -0.25) is 0 Å². The minimum Gasteiger partial charge on any atom is -0.307 e. The van der Waals surface area contributed by atoms with Gasteiger partial charge in [-0.25, -0.2) is 0 Å². The molecule has 1 aromatic carbocycles. The normalized spacial score (nSPS) is 24.2. The molecule has 118 valence electrons. The number of benzene rings is 1. The van der Waals surface area contributed by atoms with Gasteiger partial charge in [0.2, 0.25) is 0 Å². The summed E-state index contributed by atoms with van der Waals surface area (Å²) in [7, 11) is 0. The molecule has 3 atom stereocenters. The standard InChI is InChI=1S/C19H31NS/c1-14(2)12-16-6-5-7-18(13-16)20-15(3)17-8-10-19(21-4)11-9-17/h8-11,14-16,18,20H,5-7,12-13H2,1-4H3. The summed E-state index contributed by atoms with van der Waals surface area (Å²) >= 11 is 1.81. The Hall–Kier alpha value is -0.470. The highest BCUT2D eigenvalue weighted by Gasteiger charge is 2.23. The molecular formula is C19H31NS. The molecule has 3 unspecified atom stereocenters. The fourth-order valence-corrected chi connectivity index (χ4v) is 4.07. The second-order valence-corrected chi connectivity index (χ2v) is 7.90. The van der Waals surface area contributed by atoms with Crippen LogP contribution < -0.4 is 5.32 Å². The van der Waals surface area contributed by atoms with Crippen molar-refractivity contribution < 1.29 is 0 Å². The fraction of sp³-hybridized carbons (Fsp3) is 0.684. The van der Waals surface area contributed by atoms with Crippen LogP contribution in [0.25, 0.3) is 0 Å². The molecular weight excluding hydrogens is 274 g/mol. The van der Waals surface area contributed by atoms with Gasteiger partial charge in [0.25, 0.3) is 0 Å². The number of rotatable bonds is 6. The van der Waals surface area contributed by atoms with Crippen molar-refractivity contribution in [2.45, 2.75) is 69.9 Å². The summed E-state index contributed by atoms with van der Waals surface area (Å²) in [4.78, 5) is 1.35. The third kappa shape index (κ3) is 5.34. The molecule has 0 bridgehead atoms. The van der Waals surface area contributed by atoms with Gasteiger partial charge in [-0.05, 0) is 62.0 Å². The summed E-state index contributed by atoms with van der Waals surface area (Å²) in [5.41, 5.74) is 1.42. The van der Waals surface area contributed by atoms with E-state index in [9.17, 15) is 0 Å². The van der Waals surface area contributed by atoms with Crippen LogP contribution in [0, 0.1) is 11.8 Å². The molecule has 1 aliphatic rings. The lowest BCUT2D eigenvalue weighted by Crippen LogP contribution is -2.36. The summed E-state index contributed by atoms with van der Waals surface area (Å²) in [6.07, 6.45) is 9.08. The lowest BCUT2D eigenvalue weighted by molar-refractivity contribution is 0.242. The Morgan fingerprint density at radius 2 is 1.86 bits per heavy atom. The van der Waals surface area contributed by atoms with E-state index in [1.165, 1.54) is 42.6 Å². The Labute approximate surface area is 135 Å². The van der Waals surface area contributed by atoms with E-state index in [2.05, 4.69) is 56.6 Å². The summed E-state index contributed by atoms with van der Waals surface area (Å²) in [6.45, 7) is 7.01. The molecule has 1 fully saturated rings. The molecule has 0 heterocycles. The van der Waals surface area contributed by atoms with E-state index < -0.39 is 0 Å². The lowest BCUT2D eigenvalue weighted by Gasteiger charge is -2.33. The van der Waals surface area contributed by atoms with E-state index in [0.717, 1.165) is 11.8 Å². The smallest absolute Gasteiger partial charge is 0.0294 e. The van der Waals surface area contributed by atoms with Crippen molar-refractivity contribution in [3.05, 3.63) is 29.8 Å². The monoisotopic (exact) mass is 305 g/mol. The van der Waals surface area contributed by atoms with Crippen LogP contribution in [0.4, 0.5) is 0 Å². The van der Waals surface area contributed by atoms with Gasteiger partial charge in [0.05, 0.1) is 0 Å². The summed E-state index contributed by atoms with van der Waals surface area (Å²) in [5, 5.41) is 3.87. The van der Waals surface area contributed by atoms with E-state index in [1.54, 1.807) is 0 Å². The van der Waals surface area contributed by atoms with Crippen LogP contribution in [-0.4, -0.2) is 12.3 Å². The molecule has 0 spiro atoms. The average Bonchev–Trinajstić information content (AvgIpc) is 2.47. The van der Waals surface area contributed by atoms with Crippen LogP contribution in [0.5, 0.6) is 0 Å². The van der Waals surface area contributed by atoms with Crippen LogP contribution in [0.3, 0.4) is 0 Å². The second-order valence-electron chi connectivity index (χ2n) is 7.02. The lowest BCUT2D eigenvalue weighted by atomic mass is 9.81. The van der Waals surface area contributed by atoms with E-state index in [0.29, 0.717) is 12.1 Å². The van der Waals surface area contributed by atoms with Crippen molar-refractivity contribution >= 4 is 11.8 Å². The van der Waals surface area contributed by atoms with Crippen molar-refractivity contribution in [3.63, 3.8) is 0 Å². The van der Waals surface area contributed by atoms with E-state index in [-0.39, 0.29) is 0 Å². The molecule has 21 heavy (non-hydrogen) atoms. The molecule has 1 nitrogen and oxygen atoms in total. The fourth-order valence-electron chi connectivity index (χ4n) is 3.67. The molecule has 1 saturated carbocycles. The Kier molecular flexibility index (Phi) is 6.63. The van der Waals surface area contributed by atoms with Crippen molar-refractivity contribution in [1.29, 1.82) is 0 Å². The highest BCUT2D eigenvalue weighted by atomic mass is 32.2. The predicted octanol–water partition coefficient (Wildman–Crippen LogP) is 5.66. The van der Waals surface area contributed by atoms with Crippen molar-refractivity contribution in [3.8, 4) is 0 Å². The molecule has 0 saturated heterocycles. The highest BCUT2D eigenvalue weighted by molar-refractivity contribution is 7.98. The van der Waals surface area contributed by atoms with Crippen LogP contribution in [-0.2, 0) is 0 Å². The predicted molar refractivity (Wildman–Crippen MR) is 95.0 cm³/mol. The van der Waals surface area contributed by atoms with E-state index >= 15 is 0 Å². The van der Waals surface area contributed by atoms with Gasteiger partial charge in [-0.15, -0.1) is 11.8 Å². The summed E-state index contributed by atoms with van der Waals surface area (Å²) in [6, 6.07) is 10.2. The zero-order valence-electron chi connectivity index (χ0n) is 14.1. The topological polar surface area (TPSA) is 12.0 Å². The van der Waals surface area contributed by atoms with Crippen molar-refractivity contribution in [2.24, 2.45) is 11.8 Å². The molecule has 0 aromatic heterocycles. The molecule has 0 radical (unpaired) electrons. The Balaban J connectivity index is 1.87. The van der Waals surface area contributed by atoms with Crippen molar-refractivity contribution in [2.75, 3.05) is 6.26 Å². The first-order valence-corrected chi connectivity index (χ1v) is 9.71. The first kappa shape index (κ1) is 16.9. The van der Waals surface area contributed by atoms with Gasteiger partial charge in [-0.1, -0.05) is 38.8 Å². The summed E-state index contributed by atoms with van der Waals surface area (Å²) < 4.78 is 0. The number of hydrogen-bond acceptors (Lipinski definition) is 2. The third-order valence-electron chi connectivity index (χ3n) is 4.69. The maximum atomic E-state index is 3.87. The Bertz CT molecular complexity index is 412. The number of thioether (sulfide) groups is 1. The molecule has 2 heteroatoms. The SMILES string of the molecule is CSc1ccc(C(C)NC2CCCC(CC(C)C)C2)cc1. The van der Waals surface area contributed by atoms with Crippen LogP contribution in [0.2, 0.25) is 0 Å². The molecule has 1 aromatic rings. The molecule has 0 aliphatic heterocycles. The first-order chi connectivity index (χ1) is 10.1. The van der Waals surface area contributed by atoms with Crippen LogP contribution in [0.15, 0.2) is 29.2 Å².